The van der Waals surface area contributed by atoms with Crippen LogP contribution < -0.4 is 5.73 Å². The number of rotatable bonds is 6. The predicted molar refractivity (Wildman–Crippen MR) is 84.2 cm³/mol. The van der Waals surface area contributed by atoms with Gasteiger partial charge in [-0.15, -0.1) is 11.3 Å². The van der Waals surface area contributed by atoms with Crippen molar-refractivity contribution in [2.75, 3.05) is 0 Å². The van der Waals surface area contributed by atoms with Crippen LogP contribution in [-0.4, -0.2) is 6.04 Å². The second kappa shape index (κ2) is 7.31. The average molecular weight is 358 g/mol. The fraction of sp³-hybridized carbons (Fsp3) is 0.333. The van der Waals surface area contributed by atoms with Crippen molar-refractivity contribution in [2.24, 2.45) is 5.73 Å². The lowest BCUT2D eigenvalue weighted by Crippen LogP contribution is -2.29. The monoisotopic (exact) mass is 357 g/mol. The summed E-state index contributed by atoms with van der Waals surface area (Å²) in [6.07, 6.45) is 0.591. The molecule has 0 aliphatic heterocycles. The van der Waals surface area contributed by atoms with Crippen LogP contribution in [-0.2, 0) is 11.3 Å². The molecule has 1 aromatic carbocycles. The lowest BCUT2D eigenvalue weighted by molar-refractivity contribution is 0.0222. The number of ether oxygens (including phenoxy) is 1. The van der Waals surface area contributed by atoms with Crippen molar-refractivity contribution in [1.29, 1.82) is 0 Å². The molecule has 0 fully saturated rings. The molecule has 1 aromatic heterocycles. The van der Waals surface area contributed by atoms with Crippen molar-refractivity contribution in [3.05, 3.63) is 56.4 Å². The fourth-order valence-electron chi connectivity index (χ4n) is 1.91. The van der Waals surface area contributed by atoms with Crippen molar-refractivity contribution < 1.29 is 9.13 Å². The van der Waals surface area contributed by atoms with Crippen molar-refractivity contribution in [2.45, 2.75) is 32.1 Å². The SMILES string of the molecule is CCC(N)C(OCc1ccccc1F)c1ccc(Br)s1. The van der Waals surface area contributed by atoms with E-state index in [9.17, 15) is 4.39 Å². The van der Waals surface area contributed by atoms with Crippen molar-refractivity contribution in [1.82, 2.24) is 0 Å². The van der Waals surface area contributed by atoms with Crippen molar-refractivity contribution >= 4 is 27.3 Å². The van der Waals surface area contributed by atoms with E-state index in [4.69, 9.17) is 10.5 Å². The topological polar surface area (TPSA) is 35.2 Å². The molecule has 1 heterocycles. The van der Waals surface area contributed by atoms with Crippen LogP contribution in [0.3, 0.4) is 0 Å². The van der Waals surface area contributed by atoms with Gasteiger partial charge in [0.2, 0.25) is 0 Å². The summed E-state index contributed by atoms with van der Waals surface area (Å²) >= 11 is 5.04. The summed E-state index contributed by atoms with van der Waals surface area (Å²) in [5.74, 6) is -0.247. The number of nitrogens with two attached hydrogens (primary N) is 1. The zero-order valence-electron chi connectivity index (χ0n) is 11.2. The first-order valence-corrected chi connectivity index (χ1v) is 8.08. The Labute approximate surface area is 130 Å². The van der Waals surface area contributed by atoms with Gasteiger partial charge in [0.15, 0.2) is 0 Å². The molecule has 0 radical (unpaired) electrons. The largest absolute Gasteiger partial charge is 0.366 e. The zero-order chi connectivity index (χ0) is 14.5. The summed E-state index contributed by atoms with van der Waals surface area (Å²) < 4.78 is 20.5. The predicted octanol–water partition coefficient (Wildman–Crippen LogP) is 4.64. The quantitative estimate of drug-likeness (QED) is 0.816. The van der Waals surface area contributed by atoms with Crippen molar-refractivity contribution in [3.63, 3.8) is 0 Å². The first kappa shape index (κ1) is 15.6. The Hall–Kier alpha value is -0.750. The van der Waals surface area contributed by atoms with E-state index in [1.807, 2.05) is 19.1 Å². The van der Waals surface area contributed by atoms with E-state index in [2.05, 4.69) is 15.9 Å². The van der Waals surface area contributed by atoms with Gasteiger partial charge in [-0.25, -0.2) is 4.39 Å². The molecule has 2 nitrogen and oxygen atoms in total. The summed E-state index contributed by atoms with van der Waals surface area (Å²) in [5.41, 5.74) is 6.69. The maximum atomic E-state index is 13.6. The van der Waals surface area contributed by atoms with E-state index >= 15 is 0 Å². The smallest absolute Gasteiger partial charge is 0.128 e. The van der Waals surface area contributed by atoms with Gasteiger partial charge in [-0.1, -0.05) is 25.1 Å². The molecule has 20 heavy (non-hydrogen) atoms. The average Bonchev–Trinajstić information content (AvgIpc) is 2.87. The summed E-state index contributed by atoms with van der Waals surface area (Å²) in [5, 5.41) is 0. The molecule has 0 bridgehead atoms. The van der Waals surface area contributed by atoms with Gasteiger partial charge in [0.05, 0.1) is 10.4 Å². The van der Waals surface area contributed by atoms with Gasteiger partial charge in [-0.3, -0.25) is 0 Å². The minimum atomic E-state index is -0.247. The minimum Gasteiger partial charge on any atom is -0.366 e. The van der Waals surface area contributed by atoms with E-state index in [-0.39, 0.29) is 24.6 Å². The Bertz CT molecular complexity index is 560. The molecule has 0 saturated heterocycles. The van der Waals surface area contributed by atoms with Crippen LogP contribution in [0, 0.1) is 5.82 Å². The molecular weight excluding hydrogens is 341 g/mol. The molecule has 2 aromatic rings. The first-order chi connectivity index (χ1) is 9.61. The van der Waals surface area contributed by atoms with E-state index in [1.165, 1.54) is 6.07 Å². The molecule has 2 atom stereocenters. The van der Waals surface area contributed by atoms with Crippen LogP contribution in [0.25, 0.3) is 0 Å². The highest BCUT2D eigenvalue weighted by molar-refractivity contribution is 9.11. The third kappa shape index (κ3) is 3.88. The maximum absolute atomic E-state index is 13.6. The standard InChI is InChI=1S/C15H17BrFNOS/c1-2-12(18)15(13-7-8-14(16)20-13)19-9-10-5-3-4-6-11(10)17/h3-8,12,15H,2,9,18H2,1H3. The molecule has 2 rings (SSSR count). The molecule has 0 aliphatic carbocycles. The van der Waals surface area contributed by atoms with Gasteiger partial charge in [0.1, 0.15) is 11.9 Å². The molecule has 108 valence electrons. The van der Waals surface area contributed by atoms with Gasteiger partial charge in [-0.05, 0) is 40.5 Å². The van der Waals surface area contributed by atoms with E-state index < -0.39 is 0 Å². The minimum absolute atomic E-state index is 0.104. The first-order valence-electron chi connectivity index (χ1n) is 6.47. The van der Waals surface area contributed by atoms with Gasteiger partial charge in [0, 0.05) is 16.5 Å². The number of thiophene rings is 1. The number of halogens is 2. The van der Waals surface area contributed by atoms with E-state index in [1.54, 1.807) is 29.5 Å². The van der Waals surface area contributed by atoms with Crippen LogP contribution in [0.1, 0.15) is 29.9 Å². The Morgan fingerprint density at radius 3 is 2.65 bits per heavy atom. The number of hydrogen-bond donors (Lipinski definition) is 1. The van der Waals surface area contributed by atoms with Crippen LogP contribution in [0.4, 0.5) is 4.39 Å². The van der Waals surface area contributed by atoms with Gasteiger partial charge >= 0.3 is 0 Å². The van der Waals surface area contributed by atoms with Crippen LogP contribution in [0.5, 0.6) is 0 Å². The summed E-state index contributed by atoms with van der Waals surface area (Å²) in [6.45, 7) is 2.24. The molecule has 2 unspecified atom stereocenters. The Morgan fingerprint density at radius 1 is 1.30 bits per heavy atom. The maximum Gasteiger partial charge on any atom is 0.128 e. The fourth-order valence-corrected chi connectivity index (χ4v) is 3.46. The second-order valence-corrected chi connectivity index (χ2v) is 7.03. The molecule has 5 heteroatoms. The zero-order valence-corrected chi connectivity index (χ0v) is 13.6. The van der Waals surface area contributed by atoms with Crippen LogP contribution in [0.15, 0.2) is 40.2 Å². The summed E-state index contributed by atoms with van der Waals surface area (Å²) in [4.78, 5) is 1.06. The lowest BCUT2D eigenvalue weighted by atomic mass is 10.1. The van der Waals surface area contributed by atoms with Crippen LogP contribution in [0.2, 0.25) is 0 Å². The number of hydrogen-bond acceptors (Lipinski definition) is 3. The van der Waals surface area contributed by atoms with Crippen LogP contribution >= 0.6 is 27.3 Å². The Balaban J connectivity index is 2.11. The highest BCUT2D eigenvalue weighted by Gasteiger charge is 2.21. The van der Waals surface area contributed by atoms with E-state index in [0.717, 1.165) is 15.1 Å². The second-order valence-electron chi connectivity index (χ2n) is 4.54. The Kier molecular flexibility index (Phi) is 5.72. The Morgan fingerprint density at radius 2 is 2.05 bits per heavy atom. The molecule has 0 spiro atoms. The van der Waals surface area contributed by atoms with Gasteiger partial charge in [-0.2, -0.15) is 0 Å². The third-order valence-electron chi connectivity index (χ3n) is 3.11. The molecule has 0 amide bonds. The molecule has 0 saturated carbocycles. The molecule has 2 N–H and O–H groups in total. The molecular formula is C15H17BrFNOS. The highest BCUT2D eigenvalue weighted by Crippen LogP contribution is 2.32. The van der Waals surface area contributed by atoms with Gasteiger partial charge < -0.3 is 10.5 Å². The summed E-state index contributed by atoms with van der Waals surface area (Å²) in [6, 6.07) is 10.5. The lowest BCUT2D eigenvalue weighted by Gasteiger charge is -2.22. The highest BCUT2D eigenvalue weighted by atomic mass is 79.9. The van der Waals surface area contributed by atoms with Gasteiger partial charge in [0.25, 0.3) is 0 Å². The molecule has 0 aliphatic rings. The van der Waals surface area contributed by atoms with E-state index in [0.29, 0.717) is 5.56 Å². The summed E-state index contributed by atoms with van der Waals surface area (Å²) in [7, 11) is 0. The third-order valence-corrected chi connectivity index (χ3v) is 4.80. The number of benzene rings is 1. The van der Waals surface area contributed by atoms with Crippen molar-refractivity contribution in [3.8, 4) is 0 Å². The normalized spacial score (nSPS) is 14.2.